The van der Waals surface area contributed by atoms with E-state index in [1.54, 1.807) is 4.57 Å². The molecule has 4 aromatic rings. The van der Waals surface area contributed by atoms with Crippen molar-refractivity contribution < 1.29 is 9.47 Å². The predicted octanol–water partition coefficient (Wildman–Crippen LogP) is 4.05. The summed E-state index contributed by atoms with van der Waals surface area (Å²) >= 11 is 1.47. The largest absolute Gasteiger partial charge is 0.378 e. The first-order valence-electron chi connectivity index (χ1n) is 11.8. The molecule has 0 radical (unpaired) electrons. The Labute approximate surface area is 202 Å². The zero-order valence-corrected chi connectivity index (χ0v) is 20.6. The average Bonchev–Trinajstić information content (AvgIpc) is 3.20. The van der Waals surface area contributed by atoms with Gasteiger partial charge in [0.2, 0.25) is 0 Å². The van der Waals surface area contributed by atoms with E-state index < -0.39 is 0 Å². The molecule has 0 aliphatic carbocycles. The lowest BCUT2D eigenvalue weighted by molar-refractivity contribution is -0.0396. The Morgan fingerprint density at radius 1 is 1.09 bits per heavy atom. The summed E-state index contributed by atoms with van der Waals surface area (Å²) in [5, 5.41) is 1.02. The molecule has 2 aliphatic rings. The minimum absolute atomic E-state index is 0.00217. The molecule has 0 spiro atoms. The molecule has 7 nitrogen and oxygen atoms in total. The van der Waals surface area contributed by atoms with Gasteiger partial charge in [-0.3, -0.25) is 9.36 Å². The monoisotopic (exact) mass is 476 g/mol. The number of morpholine rings is 1. The van der Waals surface area contributed by atoms with Gasteiger partial charge in [-0.25, -0.2) is 9.97 Å². The number of aromatic nitrogens is 3. The van der Waals surface area contributed by atoms with E-state index >= 15 is 0 Å². The van der Waals surface area contributed by atoms with Crippen LogP contribution in [0.4, 0.5) is 5.82 Å². The number of nitrogens with zero attached hydrogens (tertiary/aromatic N) is 4. The number of benzene rings is 1. The Balaban J connectivity index is 1.59. The summed E-state index contributed by atoms with van der Waals surface area (Å²) in [5.74, 6) is 1.69. The molecule has 0 N–H and O–H groups in total. The quantitative estimate of drug-likeness (QED) is 0.444. The lowest BCUT2D eigenvalue weighted by atomic mass is 9.90. The van der Waals surface area contributed by atoms with Gasteiger partial charge in [0.25, 0.3) is 5.56 Å². The molecular formula is C26H28N4O3S. The molecule has 3 aromatic heterocycles. The van der Waals surface area contributed by atoms with Gasteiger partial charge in [-0.1, -0.05) is 30.3 Å². The van der Waals surface area contributed by atoms with Crippen molar-refractivity contribution in [2.75, 3.05) is 31.2 Å². The number of rotatable bonds is 3. The van der Waals surface area contributed by atoms with Gasteiger partial charge < -0.3 is 14.4 Å². The average molecular weight is 477 g/mol. The fourth-order valence-electron chi connectivity index (χ4n) is 5.03. The SMILES string of the molecule is Cc1nc2c(sc3nc(N4CCOCC4)c4c(c32)CC(C)(C)OC4)c(=O)n1Cc1ccccc1. The van der Waals surface area contributed by atoms with Gasteiger partial charge in [0, 0.05) is 30.5 Å². The third kappa shape index (κ3) is 3.61. The van der Waals surface area contributed by atoms with Crippen LogP contribution in [0, 0.1) is 6.92 Å². The molecule has 2 aliphatic heterocycles. The number of hydrogen-bond acceptors (Lipinski definition) is 7. The first-order valence-corrected chi connectivity index (χ1v) is 12.6. The first-order chi connectivity index (χ1) is 16.4. The molecule has 1 saturated heterocycles. The van der Waals surface area contributed by atoms with E-state index in [-0.39, 0.29) is 11.2 Å². The lowest BCUT2D eigenvalue weighted by Gasteiger charge is -2.36. The maximum absolute atomic E-state index is 13.7. The fourth-order valence-corrected chi connectivity index (χ4v) is 6.12. The van der Waals surface area contributed by atoms with Crippen LogP contribution < -0.4 is 10.5 Å². The summed E-state index contributed by atoms with van der Waals surface area (Å²) in [5.41, 5.74) is 3.93. The molecule has 0 amide bonds. The van der Waals surface area contributed by atoms with Crippen LogP contribution in [0.5, 0.6) is 0 Å². The van der Waals surface area contributed by atoms with Gasteiger partial charge in [-0.05, 0) is 31.9 Å². The van der Waals surface area contributed by atoms with Crippen LogP contribution in [0.15, 0.2) is 35.1 Å². The van der Waals surface area contributed by atoms with Crippen molar-refractivity contribution in [1.82, 2.24) is 14.5 Å². The second-order valence-electron chi connectivity index (χ2n) is 9.71. The Kier molecular flexibility index (Phi) is 5.20. The van der Waals surface area contributed by atoms with E-state index in [4.69, 9.17) is 19.4 Å². The van der Waals surface area contributed by atoms with Crippen molar-refractivity contribution in [3.63, 3.8) is 0 Å². The molecule has 0 bridgehead atoms. The second-order valence-corrected chi connectivity index (χ2v) is 10.7. The molecule has 5 heterocycles. The molecule has 1 aromatic carbocycles. The van der Waals surface area contributed by atoms with Crippen LogP contribution in [0.25, 0.3) is 20.4 Å². The minimum atomic E-state index is -0.283. The highest BCUT2D eigenvalue weighted by molar-refractivity contribution is 7.25. The van der Waals surface area contributed by atoms with Crippen LogP contribution in [0.3, 0.4) is 0 Å². The molecule has 6 rings (SSSR count). The third-order valence-corrected chi connectivity index (χ3v) is 7.88. The van der Waals surface area contributed by atoms with Crippen molar-refractivity contribution in [3.8, 4) is 0 Å². The zero-order valence-electron chi connectivity index (χ0n) is 19.8. The maximum atomic E-state index is 13.7. The molecule has 176 valence electrons. The predicted molar refractivity (Wildman–Crippen MR) is 135 cm³/mol. The third-order valence-electron chi connectivity index (χ3n) is 6.82. The van der Waals surface area contributed by atoms with Gasteiger partial charge >= 0.3 is 0 Å². The summed E-state index contributed by atoms with van der Waals surface area (Å²) in [6, 6.07) is 10.0. The van der Waals surface area contributed by atoms with Crippen molar-refractivity contribution >= 4 is 37.6 Å². The van der Waals surface area contributed by atoms with E-state index in [9.17, 15) is 4.79 Å². The number of hydrogen-bond donors (Lipinski definition) is 0. The highest BCUT2D eigenvalue weighted by atomic mass is 32.1. The Bertz CT molecular complexity index is 1450. The number of ether oxygens (including phenoxy) is 2. The highest BCUT2D eigenvalue weighted by Crippen LogP contribution is 2.42. The molecule has 1 fully saturated rings. The van der Waals surface area contributed by atoms with E-state index in [1.165, 1.54) is 16.9 Å². The lowest BCUT2D eigenvalue weighted by Crippen LogP contribution is -2.39. The second kappa shape index (κ2) is 8.15. The topological polar surface area (TPSA) is 69.5 Å². The standard InChI is InChI=1S/C26H28N4O3S/c1-16-27-21-20-18-13-26(2,3)33-15-19(18)23(29-9-11-32-12-10-29)28-24(20)34-22(21)25(31)30(16)14-17-7-5-4-6-8-17/h4-8H,9-15H2,1-3H3. The smallest absolute Gasteiger partial charge is 0.271 e. The maximum Gasteiger partial charge on any atom is 0.271 e. The van der Waals surface area contributed by atoms with Crippen molar-refractivity contribution in [2.24, 2.45) is 0 Å². The van der Waals surface area contributed by atoms with Crippen LogP contribution in [-0.4, -0.2) is 46.4 Å². The highest BCUT2D eigenvalue weighted by Gasteiger charge is 2.33. The number of aryl methyl sites for hydroxylation is 1. The number of anilines is 1. The summed E-state index contributed by atoms with van der Waals surface area (Å²) in [6.45, 7) is 10.2. The summed E-state index contributed by atoms with van der Waals surface area (Å²) < 4.78 is 14.2. The Hall–Kier alpha value is -2.81. The van der Waals surface area contributed by atoms with Gasteiger partial charge in [0.1, 0.15) is 21.2 Å². The van der Waals surface area contributed by atoms with Gasteiger partial charge in [0.05, 0.1) is 37.5 Å². The summed E-state index contributed by atoms with van der Waals surface area (Å²) in [4.78, 5) is 26.9. The van der Waals surface area contributed by atoms with E-state index in [2.05, 4.69) is 18.7 Å². The van der Waals surface area contributed by atoms with Crippen LogP contribution in [0.1, 0.15) is 36.4 Å². The van der Waals surface area contributed by atoms with Gasteiger partial charge in [0.15, 0.2) is 0 Å². The zero-order chi connectivity index (χ0) is 23.4. The molecule has 0 saturated carbocycles. The molecule has 0 unspecified atom stereocenters. The molecule has 0 atom stereocenters. The van der Waals surface area contributed by atoms with Gasteiger partial charge in [-0.2, -0.15) is 0 Å². The number of pyridine rings is 1. The van der Waals surface area contributed by atoms with Crippen molar-refractivity contribution in [1.29, 1.82) is 0 Å². The molecule has 8 heteroatoms. The van der Waals surface area contributed by atoms with Crippen LogP contribution >= 0.6 is 11.3 Å². The normalized spacial score (nSPS) is 17.9. The Morgan fingerprint density at radius 3 is 2.62 bits per heavy atom. The van der Waals surface area contributed by atoms with Crippen molar-refractivity contribution in [2.45, 2.75) is 45.9 Å². The number of thiophene rings is 1. The van der Waals surface area contributed by atoms with E-state index in [0.717, 1.165) is 58.0 Å². The summed E-state index contributed by atoms with van der Waals surface area (Å²) in [7, 11) is 0. The van der Waals surface area contributed by atoms with Gasteiger partial charge in [-0.15, -0.1) is 11.3 Å². The van der Waals surface area contributed by atoms with E-state index in [0.29, 0.717) is 31.1 Å². The first kappa shape index (κ1) is 21.7. The van der Waals surface area contributed by atoms with E-state index in [1.807, 2.05) is 37.3 Å². The molecular weight excluding hydrogens is 448 g/mol. The van der Waals surface area contributed by atoms with Crippen molar-refractivity contribution in [3.05, 3.63) is 63.2 Å². The number of fused-ring (bicyclic) bond motifs is 5. The summed E-state index contributed by atoms with van der Waals surface area (Å²) in [6.07, 6.45) is 0.762. The van der Waals surface area contributed by atoms with Crippen LogP contribution in [0.2, 0.25) is 0 Å². The molecule has 34 heavy (non-hydrogen) atoms. The minimum Gasteiger partial charge on any atom is -0.378 e. The Morgan fingerprint density at radius 2 is 1.85 bits per heavy atom. The van der Waals surface area contributed by atoms with Crippen LogP contribution in [-0.2, 0) is 29.0 Å². The fraction of sp³-hybridized carbons (Fsp3) is 0.423.